The molecule has 0 aliphatic rings. The van der Waals surface area contributed by atoms with Gasteiger partial charge in [0, 0.05) is 5.69 Å². The fourth-order valence-electron chi connectivity index (χ4n) is 2.25. The average molecular weight is 356 g/mol. The lowest BCUT2D eigenvalue weighted by Gasteiger charge is -2.08. The molecule has 0 heterocycles. The van der Waals surface area contributed by atoms with Gasteiger partial charge >= 0.3 is 0 Å². The molecule has 3 rings (SSSR count). The van der Waals surface area contributed by atoms with Gasteiger partial charge in [0.25, 0.3) is 5.91 Å². The first-order valence-corrected chi connectivity index (χ1v) is 8.23. The van der Waals surface area contributed by atoms with E-state index in [1.54, 1.807) is 48.5 Å². The van der Waals surface area contributed by atoms with Crippen LogP contribution in [0.1, 0.15) is 5.56 Å². The molecule has 0 bridgehead atoms. The third-order valence-corrected chi connectivity index (χ3v) is 3.55. The van der Waals surface area contributed by atoms with Crippen LogP contribution in [0.2, 0.25) is 0 Å². The van der Waals surface area contributed by atoms with Crippen molar-refractivity contribution in [2.45, 2.75) is 0 Å². The number of nitrogens with one attached hydrogen (secondary N) is 1. The van der Waals surface area contributed by atoms with E-state index in [4.69, 9.17) is 10.00 Å². The summed E-state index contributed by atoms with van der Waals surface area (Å²) in [6, 6.07) is 25.2. The third kappa shape index (κ3) is 5.25. The van der Waals surface area contributed by atoms with E-state index >= 15 is 0 Å². The number of carbonyl (C=O) groups is 1. The smallest absolute Gasteiger partial charge is 0.262 e. The molecule has 1 N–H and O–H groups in total. The Hall–Kier alpha value is -3.98. The van der Waals surface area contributed by atoms with Crippen LogP contribution in [0.5, 0.6) is 5.75 Å². The van der Waals surface area contributed by atoms with E-state index in [2.05, 4.69) is 15.5 Å². The van der Waals surface area contributed by atoms with E-state index in [9.17, 15) is 4.79 Å². The monoisotopic (exact) mass is 356 g/mol. The predicted octanol–water partition coefficient (Wildman–Crippen LogP) is 4.99. The summed E-state index contributed by atoms with van der Waals surface area (Å²) >= 11 is 0. The first kappa shape index (κ1) is 17.8. The minimum atomic E-state index is -0.318. The number of nitriles is 1. The van der Waals surface area contributed by atoms with Gasteiger partial charge in [-0.2, -0.15) is 15.5 Å². The Morgan fingerprint density at radius 1 is 0.889 bits per heavy atom. The SMILES string of the molecule is N#Cc1ccccc1OCC(=O)Nc1ccc(N=Nc2ccccc2)cc1. The molecule has 0 unspecified atom stereocenters. The van der Waals surface area contributed by atoms with Gasteiger partial charge in [0.1, 0.15) is 11.8 Å². The molecular weight excluding hydrogens is 340 g/mol. The summed E-state index contributed by atoms with van der Waals surface area (Å²) in [5.74, 6) is 0.0632. The molecule has 132 valence electrons. The number of hydrogen-bond donors (Lipinski definition) is 1. The second-order valence-electron chi connectivity index (χ2n) is 5.53. The van der Waals surface area contributed by atoms with Crippen molar-refractivity contribution in [3.63, 3.8) is 0 Å². The van der Waals surface area contributed by atoms with Crippen LogP contribution in [-0.2, 0) is 4.79 Å². The molecular formula is C21H16N4O2. The largest absolute Gasteiger partial charge is 0.482 e. The van der Waals surface area contributed by atoms with Crippen LogP contribution in [0.25, 0.3) is 0 Å². The highest BCUT2D eigenvalue weighted by molar-refractivity contribution is 5.92. The summed E-state index contributed by atoms with van der Waals surface area (Å²) < 4.78 is 5.41. The Kier molecular flexibility index (Phi) is 5.89. The van der Waals surface area contributed by atoms with Gasteiger partial charge in [-0.15, -0.1) is 0 Å². The number of hydrogen-bond acceptors (Lipinski definition) is 5. The molecule has 6 nitrogen and oxygen atoms in total. The number of rotatable bonds is 6. The standard InChI is InChI=1S/C21H16N4O2/c22-14-16-6-4-5-9-20(16)27-15-21(26)23-17-10-12-19(13-11-17)25-24-18-7-2-1-3-8-18/h1-13H,15H2,(H,23,26). The summed E-state index contributed by atoms with van der Waals surface area (Å²) in [5.41, 5.74) is 2.45. The summed E-state index contributed by atoms with van der Waals surface area (Å²) in [6.07, 6.45) is 0. The number of azo groups is 1. The number of carbonyl (C=O) groups excluding carboxylic acids is 1. The normalized spacial score (nSPS) is 10.3. The van der Waals surface area contributed by atoms with Crippen molar-refractivity contribution >= 4 is 23.0 Å². The molecule has 0 atom stereocenters. The fraction of sp³-hybridized carbons (Fsp3) is 0.0476. The quantitative estimate of drug-likeness (QED) is 0.631. The Labute approximate surface area is 156 Å². The number of benzene rings is 3. The number of amides is 1. The predicted molar refractivity (Wildman–Crippen MR) is 102 cm³/mol. The Bertz CT molecular complexity index is 977. The average Bonchev–Trinajstić information content (AvgIpc) is 2.72. The minimum absolute atomic E-state index is 0.186. The summed E-state index contributed by atoms with van der Waals surface area (Å²) in [6.45, 7) is -0.186. The second kappa shape index (κ2) is 8.92. The zero-order chi connectivity index (χ0) is 18.9. The minimum Gasteiger partial charge on any atom is -0.482 e. The van der Waals surface area contributed by atoms with Gasteiger partial charge in [-0.1, -0.05) is 30.3 Å². The van der Waals surface area contributed by atoms with Crippen LogP contribution in [0.3, 0.4) is 0 Å². The van der Waals surface area contributed by atoms with Gasteiger partial charge in [-0.05, 0) is 48.5 Å². The molecule has 0 saturated heterocycles. The van der Waals surface area contributed by atoms with Crippen LogP contribution in [0, 0.1) is 11.3 Å². The highest BCUT2D eigenvalue weighted by atomic mass is 16.5. The maximum atomic E-state index is 12.0. The zero-order valence-corrected chi connectivity index (χ0v) is 14.4. The van der Waals surface area contributed by atoms with Gasteiger partial charge in [0.05, 0.1) is 16.9 Å². The van der Waals surface area contributed by atoms with Crippen molar-refractivity contribution < 1.29 is 9.53 Å². The Balaban J connectivity index is 1.54. The van der Waals surface area contributed by atoms with E-state index in [-0.39, 0.29) is 12.5 Å². The number of nitrogens with zero attached hydrogens (tertiary/aromatic N) is 3. The topological polar surface area (TPSA) is 86.8 Å². The maximum Gasteiger partial charge on any atom is 0.262 e. The molecule has 0 radical (unpaired) electrons. The molecule has 0 aliphatic heterocycles. The Morgan fingerprint density at radius 2 is 1.52 bits per heavy atom. The Morgan fingerprint density at radius 3 is 2.22 bits per heavy atom. The van der Waals surface area contributed by atoms with Crippen molar-refractivity contribution in [1.29, 1.82) is 5.26 Å². The molecule has 3 aromatic carbocycles. The zero-order valence-electron chi connectivity index (χ0n) is 14.4. The third-order valence-electron chi connectivity index (χ3n) is 3.55. The lowest BCUT2D eigenvalue weighted by molar-refractivity contribution is -0.118. The molecule has 3 aromatic rings. The molecule has 0 spiro atoms. The van der Waals surface area contributed by atoms with Crippen LogP contribution in [0.4, 0.5) is 17.1 Å². The second-order valence-corrected chi connectivity index (χ2v) is 5.53. The van der Waals surface area contributed by atoms with Crippen molar-refractivity contribution in [3.8, 4) is 11.8 Å². The van der Waals surface area contributed by atoms with Crippen molar-refractivity contribution in [1.82, 2.24) is 0 Å². The van der Waals surface area contributed by atoms with E-state index < -0.39 is 0 Å². The van der Waals surface area contributed by atoms with Gasteiger partial charge < -0.3 is 10.1 Å². The van der Waals surface area contributed by atoms with E-state index in [1.807, 2.05) is 36.4 Å². The highest BCUT2D eigenvalue weighted by Gasteiger charge is 2.06. The van der Waals surface area contributed by atoms with Gasteiger partial charge in [-0.25, -0.2) is 0 Å². The first-order valence-electron chi connectivity index (χ1n) is 8.23. The summed E-state index contributed by atoms with van der Waals surface area (Å²) in [5, 5.41) is 20.0. The van der Waals surface area contributed by atoms with Crippen LogP contribution in [0.15, 0.2) is 89.1 Å². The highest BCUT2D eigenvalue weighted by Crippen LogP contribution is 2.20. The van der Waals surface area contributed by atoms with Crippen molar-refractivity contribution in [3.05, 3.63) is 84.4 Å². The van der Waals surface area contributed by atoms with Gasteiger partial charge in [-0.3, -0.25) is 4.79 Å². The van der Waals surface area contributed by atoms with Crippen LogP contribution in [-0.4, -0.2) is 12.5 Å². The fourth-order valence-corrected chi connectivity index (χ4v) is 2.25. The van der Waals surface area contributed by atoms with Crippen LogP contribution >= 0.6 is 0 Å². The van der Waals surface area contributed by atoms with E-state index in [0.717, 1.165) is 5.69 Å². The van der Waals surface area contributed by atoms with Gasteiger partial charge in [0.2, 0.25) is 0 Å². The molecule has 6 heteroatoms. The molecule has 0 aliphatic carbocycles. The van der Waals surface area contributed by atoms with Crippen molar-refractivity contribution in [2.75, 3.05) is 11.9 Å². The lowest BCUT2D eigenvalue weighted by atomic mass is 10.2. The first-order chi connectivity index (χ1) is 13.2. The van der Waals surface area contributed by atoms with Crippen molar-refractivity contribution in [2.24, 2.45) is 10.2 Å². The molecule has 0 saturated carbocycles. The van der Waals surface area contributed by atoms with E-state index in [0.29, 0.717) is 22.7 Å². The summed E-state index contributed by atoms with van der Waals surface area (Å²) in [7, 11) is 0. The maximum absolute atomic E-state index is 12.0. The number of anilines is 1. The number of para-hydroxylation sites is 1. The van der Waals surface area contributed by atoms with E-state index in [1.165, 1.54) is 0 Å². The number of ether oxygens (including phenoxy) is 1. The van der Waals surface area contributed by atoms with Crippen LogP contribution < -0.4 is 10.1 Å². The summed E-state index contributed by atoms with van der Waals surface area (Å²) in [4.78, 5) is 12.0. The van der Waals surface area contributed by atoms with Gasteiger partial charge in [0.15, 0.2) is 6.61 Å². The molecule has 1 amide bonds. The lowest BCUT2D eigenvalue weighted by Crippen LogP contribution is -2.20. The molecule has 0 aromatic heterocycles. The molecule has 27 heavy (non-hydrogen) atoms. The molecule has 0 fully saturated rings.